The van der Waals surface area contributed by atoms with Gasteiger partial charge in [0, 0.05) is 38.1 Å². The van der Waals surface area contributed by atoms with Gasteiger partial charge in [-0.05, 0) is 37.5 Å². The van der Waals surface area contributed by atoms with Crippen LogP contribution in [0.4, 0.5) is 0 Å². The number of hydrogen-bond acceptors (Lipinski definition) is 3. The van der Waals surface area contributed by atoms with Crippen molar-refractivity contribution in [2.45, 2.75) is 44.8 Å². The Labute approximate surface area is 166 Å². The lowest BCUT2D eigenvalue weighted by atomic mass is 10.0. The lowest BCUT2D eigenvalue weighted by Gasteiger charge is -2.32. The fraction of sp³-hybridized carbons (Fsp3) is 0.562. The number of likely N-dealkylation sites (tertiary alicyclic amines) is 1. The smallest absolute Gasteiger partial charge is 0.221 e. The number of rotatable bonds is 5. The molecule has 4 nitrogen and oxygen atoms in total. The first kappa shape index (κ1) is 23.8. The highest BCUT2D eigenvalue weighted by Crippen LogP contribution is 2.24. The van der Waals surface area contributed by atoms with E-state index in [-0.39, 0.29) is 42.8 Å². The molecular weight excluding hydrogens is 392 g/mol. The van der Waals surface area contributed by atoms with Crippen LogP contribution in [-0.2, 0) is 11.3 Å². The van der Waals surface area contributed by atoms with Crippen LogP contribution in [0.1, 0.15) is 31.7 Å². The van der Waals surface area contributed by atoms with Gasteiger partial charge in [0.2, 0.25) is 5.91 Å². The molecular formula is C16H25Cl4N3O. The third-order valence-electron chi connectivity index (χ3n) is 3.85. The van der Waals surface area contributed by atoms with Gasteiger partial charge < -0.3 is 11.1 Å². The first-order valence-corrected chi connectivity index (χ1v) is 8.41. The number of amides is 1. The quantitative estimate of drug-likeness (QED) is 0.769. The highest BCUT2D eigenvalue weighted by atomic mass is 35.5. The first-order chi connectivity index (χ1) is 10.4. The Morgan fingerprint density at radius 3 is 2.46 bits per heavy atom. The van der Waals surface area contributed by atoms with Gasteiger partial charge in [-0.2, -0.15) is 0 Å². The van der Waals surface area contributed by atoms with Gasteiger partial charge in [0.15, 0.2) is 0 Å². The molecule has 3 N–H and O–H groups in total. The molecule has 24 heavy (non-hydrogen) atoms. The van der Waals surface area contributed by atoms with Crippen molar-refractivity contribution in [2.75, 3.05) is 13.1 Å². The summed E-state index contributed by atoms with van der Waals surface area (Å²) in [7, 11) is 0. The first-order valence-electron chi connectivity index (χ1n) is 7.65. The van der Waals surface area contributed by atoms with Gasteiger partial charge in [-0.1, -0.05) is 29.3 Å². The van der Waals surface area contributed by atoms with Crippen LogP contribution in [0.25, 0.3) is 0 Å². The van der Waals surface area contributed by atoms with Gasteiger partial charge in [-0.3, -0.25) is 9.69 Å². The summed E-state index contributed by atoms with van der Waals surface area (Å²) in [5, 5.41) is 4.25. The van der Waals surface area contributed by atoms with E-state index in [1.807, 2.05) is 25.1 Å². The maximum Gasteiger partial charge on any atom is 0.221 e. The summed E-state index contributed by atoms with van der Waals surface area (Å²) in [6, 6.07) is 5.93. The standard InChI is InChI=1S/C16H23Cl2N3O.2ClH/c1-11(19)8-16(22)20-13-4-6-21(7-5-13)10-12-2-3-14(17)15(18)9-12;;/h2-3,9,11,13H,4-8,10,19H2,1H3,(H,20,22);2*1H. The van der Waals surface area contributed by atoms with Gasteiger partial charge >= 0.3 is 0 Å². The summed E-state index contributed by atoms with van der Waals surface area (Å²) >= 11 is 12.0. The van der Waals surface area contributed by atoms with Gasteiger partial charge in [0.25, 0.3) is 0 Å². The Morgan fingerprint density at radius 1 is 1.29 bits per heavy atom. The number of carbonyl (C=O) groups is 1. The Balaban J connectivity index is 0.00000264. The fourth-order valence-corrected chi connectivity index (χ4v) is 3.03. The van der Waals surface area contributed by atoms with Crippen LogP contribution in [0.3, 0.4) is 0 Å². The summed E-state index contributed by atoms with van der Waals surface area (Å²) in [6.45, 7) is 4.63. The number of carbonyl (C=O) groups excluding carboxylic acids is 1. The van der Waals surface area contributed by atoms with Gasteiger partial charge in [0.1, 0.15) is 0 Å². The molecule has 1 aliphatic heterocycles. The van der Waals surface area contributed by atoms with Crippen molar-refractivity contribution >= 4 is 53.9 Å². The number of nitrogens with zero attached hydrogens (tertiary/aromatic N) is 1. The summed E-state index contributed by atoms with van der Waals surface area (Å²) in [5.41, 5.74) is 6.80. The molecule has 1 atom stereocenters. The minimum Gasteiger partial charge on any atom is -0.353 e. The third kappa shape index (κ3) is 7.77. The van der Waals surface area contributed by atoms with Crippen LogP contribution in [0.2, 0.25) is 10.0 Å². The predicted octanol–water partition coefficient (Wildman–Crippen LogP) is 3.65. The van der Waals surface area contributed by atoms with Crippen molar-refractivity contribution in [3.8, 4) is 0 Å². The van der Waals surface area contributed by atoms with Crippen molar-refractivity contribution in [1.82, 2.24) is 10.2 Å². The zero-order chi connectivity index (χ0) is 16.1. The van der Waals surface area contributed by atoms with E-state index >= 15 is 0 Å². The van der Waals surface area contributed by atoms with E-state index in [0.29, 0.717) is 16.5 Å². The second-order valence-corrected chi connectivity index (χ2v) is 6.86. The van der Waals surface area contributed by atoms with Crippen LogP contribution >= 0.6 is 48.0 Å². The monoisotopic (exact) mass is 415 g/mol. The van der Waals surface area contributed by atoms with E-state index in [1.165, 1.54) is 0 Å². The molecule has 1 saturated heterocycles. The van der Waals surface area contributed by atoms with Crippen LogP contribution < -0.4 is 11.1 Å². The molecule has 0 aromatic heterocycles. The van der Waals surface area contributed by atoms with Crippen molar-refractivity contribution in [3.63, 3.8) is 0 Å². The SMILES string of the molecule is CC(N)CC(=O)NC1CCN(Cc2ccc(Cl)c(Cl)c2)CC1.Cl.Cl. The number of halogens is 4. The van der Waals surface area contributed by atoms with Crippen molar-refractivity contribution in [2.24, 2.45) is 5.73 Å². The van der Waals surface area contributed by atoms with Crippen molar-refractivity contribution in [1.29, 1.82) is 0 Å². The number of piperidine rings is 1. The third-order valence-corrected chi connectivity index (χ3v) is 4.59. The molecule has 1 unspecified atom stereocenters. The summed E-state index contributed by atoms with van der Waals surface area (Å²) < 4.78 is 0. The highest BCUT2D eigenvalue weighted by Gasteiger charge is 2.21. The normalized spacial score (nSPS) is 16.7. The molecule has 8 heteroatoms. The second-order valence-electron chi connectivity index (χ2n) is 6.05. The molecule has 0 radical (unpaired) electrons. The number of hydrogen-bond donors (Lipinski definition) is 2. The number of nitrogens with one attached hydrogen (secondary N) is 1. The van der Waals surface area contributed by atoms with E-state index in [4.69, 9.17) is 28.9 Å². The van der Waals surface area contributed by atoms with Gasteiger partial charge in [-0.25, -0.2) is 0 Å². The molecule has 1 heterocycles. The maximum atomic E-state index is 11.7. The average Bonchev–Trinajstić information content (AvgIpc) is 2.44. The lowest BCUT2D eigenvalue weighted by Crippen LogP contribution is -2.45. The molecule has 1 amide bonds. The van der Waals surface area contributed by atoms with Crippen molar-refractivity contribution in [3.05, 3.63) is 33.8 Å². The summed E-state index contributed by atoms with van der Waals surface area (Å²) in [6.07, 6.45) is 2.32. The maximum absolute atomic E-state index is 11.7. The second kappa shape index (κ2) is 11.4. The van der Waals surface area contributed by atoms with Gasteiger partial charge in [-0.15, -0.1) is 24.8 Å². The highest BCUT2D eigenvalue weighted by molar-refractivity contribution is 6.42. The zero-order valence-corrected chi connectivity index (χ0v) is 16.8. The summed E-state index contributed by atoms with van der Waals surface area (Å²) in [5.74, 6) is 0.0536. The molecule has 1 aliphatic rings. The topological polar surface area (TPSA) is 58.4 Å². The largest absolute Gasteiger partial charge is 0.353 e. The van der Waals surface area contributed by atoms with E-state index in [1.54, 1.807) is 0 Å². The zero-order valence-electron chi connectivity index (χ0n) is 13.6. The Hall–Kier alpha value is -0.230. The summed E-state index contributed by atoms with van der Waals surface area (Å²) in [4.78, 5) is 14.1. The number of benzene rings is 1. The van der Waals surface area contributed by atoms with E-state index in [2.05, 4.69) is 10.2 Å². The molecule has 0 bridgehead atoms. The molecule has 138 valence electrons. The molecule has 1 aromatic carbocycles. The Bertz CT molecular complexity index is 520. The van der Waals surface area contributed by atoms with E-state index in [9.17, 15) is 4.79 Å². The van der Waals surface area contributed by atoms with Crippen LogP contribution in [0.15, 0.2) is 18.2 Å². The molecule has 0 aliphatic carbocycles. The van der Waals surface area contributed by atoms with Crippen LogP contribution in [-0.4, -0.2) is 36.0 Å². The lowest BCUT2D eigenvalue weighted by molar-refractivity contribution is -0.122. The minimum atomic E-state index is -0.0882. The Morgan fingerprint density at radius 2 is 1.92 bits per heavy atom. The van der Waals surface area contributed by atoms with Crippen LogP contribution in [0, 0.1) is 0 Å². The number of nitrogens with two attached hydrogens (primary N) is 1. The van der Waals surface area contributed by atoms with Crippen LogP contribution in [0.5, 0.6) is 0 Å². The minimum absolute atomic E-state index is 0. The van der Waals surface area contributed by atoms with Crippen molar-refractivity contribution < 1.29 is 4.79 Å². The molecule has 2 rings (SSSR count). The average molecular weight is 417 g/mol. The Kier molecular flexibility index (Phi) is 11.3. The predicted molar refractivity (Wildman–Crippen MR) is 106 cm³/mol. The molecule has 0 saturated carbocycles. The molecule has 1 fully saturated rings. The fourth-order valence-electron chi connectivity index (χ4n) is 2.71. The van der Waals surface area contributed by atoms with E-state index < -0.39 is 0 Å². The molecule has 0 spiro atoms. The van der Waals surface area contributed by atoms with E-state index in [0.717, 1.165) is 38.0 Å². The van der Waals surface area contributed by atoms with Gasteiger partial charge in [0.05, 0.1) is 10.0 Å². The molecule has 1 aromatic rings.